The summed E-state index contributed by atoms with van der Waals surface area (Å²) in [7, 11) is 0. The van der Waals surface area contributed by atoms with Gasteiger partial charge in [0.25, 0.3) is 0 Å². The molecule has 7 heteroatoms. The number of ether oxygens (including phenoxy) is 2. The molecule has 0 saturated carbocycles. The van der Waals surface area contributed by atoms with Gasteiger partial charge >= 0.3 is 12.0 Å². The molecule has 0 aliphatic carbocycles. The molecule has 0 saturated heterocycles. The van der Waals surface area contributed by atoms with Crippen LogP contribution in [0.5, 0.6) is 6.01 Å². The van der Waals surface area contributed by atoms with Gasteiger partial charge in [-0.2, -0.15) is 0 Å². The topological polar surface area (TPSA) is 98.6 Å². The van der Waals surface area contributed by atoms with Crippen LogP contribution >= 0.6 is 0 Å². The lowest BCUT2D eigenvalue weighted by Gasteiger charge is -2.38. The number of nitrogens with zero attached hydrogens (tertiary/aromatic N) is 2. The van der Waals surface area contributed by atoms with Crippen LogP contribution in [0.1, 0.15) is 32.9 Å². The Bertz CT molecular complexity index is 1270. The normalized spacial score (nSPS) is 12.1. The number of carboxylic acid groups (broad SMARTS) is 1. The number of hydrogen-bond donors (Lipinski definition) is 1. The van der Waals surface area contributed by atoms with Crippen LogP contribution in [0.2, 0.25) is 0 Å². The fourth-order valence-electron chi connectivity index (χ4n) is 4.13. The number of hydrogen-bond acceptors (Lipinski definition) is 6. The Morgan fingerprint density at radius 2 is 1.28 bits per heavy atom. The third-order valence-corrected chi connectivity index (χ3v) is 5.71. The first kappa shape index (κ1) is 24.8. The molecule has 1 aromatic heterocycles. The van der Waals surface area contributed by atoms with E-state index in [4.69, 9.17) is 9.47 Å². The number of Topliss-reactive ketones (excluding diaryl/α,β-unsaturated/α-hetero) is 1. The molecular formula is C29H26N2O5. The van der Waals surface area contributed by atoms with Gasteiger partial charge in [0.05, 0.1) is 0 Å². The first-order valence-corrected chi connectivity index (χ1v) is 11.4. The second-order valence-corrected chi connectivity index (χ2v) is 8.31. The van der Waals surface area contributed by atoms with Gasteiger partial charge in [0, 0.05) is 17.0 Å². The van der Waals surface area contributed by atoms with Gasteiger partial charge in [0.2, 0.25) is 6.10 Å². The molecule has 0 aliphatic heterocycles. The molecule has 1 N–H and O–H groups in total. The lowest BCUT2D eigenvalue weighted by Crippen LogP contribution is -2.52. The Hall–Kier alpha value is -4.36. The number of carbonyl (C=O) groups is 2. The lowest BCUT2D eigenvalue weighted by molar-refractivity contribution is -0.162. The van der Waals surface area contributed by atoms with Gasteiger partial charge < -0.3 is 14.6 Å². The minimum Gasteiger partial charge on any atom is -0.478 e. The molecule has 36 heavy (non-hydrogen) atoms. The van der Waals surface area contributed by atoms with Gasteiger partial charge in [-0.15, -0.1) is 0 Å². The van der Waals surface area contributed by atoms with Crippen LogP contribution in [0, 0.1) is 13.8 Å². The zero-order chi connectivity index (χ0) is 25.5. The molecule has 0 aliphatic rings. The molecule has 7 nitrogen and oxygen atoms in total. The van der Waals surface area contributed by atoms with Gasteiger partial charge in [-0.05, 0) is 31.0 Å². The number of rotatable bonds is 10. The van der Waals surface area contributed by atoms with Crippen molar-refractivity contribution in [1.82, 2.24) is 9.97 Å². The summed E-state index contributed by atoms with van der Waals surface area (Å²) in [5.74, 6) is -1.59. The van der Waals surface area contributed by atoms with Crippen LogP contribution in [0.15, 0.2) is 97.1 Å². The average Bonchev–Trinajstić information content (AvgIpc) is 2.89. The first-order valence-electron chi connectivity index (χ1n) is 11.4. The van der Waals surface area contributed by atoms with E-state index in [-0.39, 0.29) is 18.4 Å². The maximum absolute atomic E-state index is 13.1. The number of ketones is 1. The van der Waals surface area contributed by atoms with E-state index in [1.54, 1.807) is 92.7 Å². The molecule has 0 spiro atoms. The second-order valence-electron chi connectivity index (χ2n) is 8.31. The second kappa shape index (κ2) is 10.9. The van der Waals surface area contributed by atoms with Gasteiger partial charge in [-0.25, -0.2) is 14.8 Å². The molecule has 1 unspecified atom stereocenters. The maximum Gasteiger partial charge on any atom is 0.348 e. The van der Waals surface area contributed by atoms with Gasteiger partial charge in [-0.1, -0.05) is 91.0 Å². The predicted molar refractivity (Wildman–Crippen MR) is 134 cm³/mol. The number of carboxylic acids is 1. The molecular weight excluding hydrogens is 456 g/mol. The Morgan fingerprint density at radius 1 is 0.806 bits per heavy atom. The lowest BCUT2D eigenvalue weighted by atomic mass is 9.81. The first-order chi connectivity index (χ1) is 17.4. The van der Waals surface area contributed by atoms with Crippen LogP contribution in [0.4, 0.5) is 0 Å². The molecule has 4 aromatic rings. The highest BCUT2D eigenvalue weighted by Gasteiger charge is 2.50. The fourth-order valence-corrected chi connectivity index (χ4v) is 4.13. The van der Waals surface area contributed by atoms with Crippen molar-refractivity contribution in [2.75, 3.05) is 6.61 Å². The third kappa shape index (κ3) is 5.31. The number of aryl methyl sites for hydroxylation is 2. The molecule has 1 atom stereocenters. The largest absolute Gasteiger partial charge is 0.478 e. The Kier molecular flexibility index (Phi) is 7.51. The summed E-state index contributed by atoms with van der Waals surface area (Å²) in [6.07, 6.45) is -1.62. The van der Waals surface area contributed by atoms with Crippen molar-refractivity contribution in [3.63, 3.8) is 0 Å². The van der Waals surface area contributed by atoms with Gasteiger partial charge in [0.1, 0.15) is 6.61 Å². The van der Waals surface area contributed by atoms with Crippen molar-refractivity contribution in [1.29, 1.82) is 0 Å². The average molecular weight is 483 g/mol. The predicted octanol–water partition coefficient (Wildman–Crippen LogP) is 4.77. The highest BCUT2D eigenvalue weighted by atomic mass is 16.6. The molecule has 0 fully saturated rings. The van der Waals surface area contributed by atoms with E-state index >= 15 is 0 Å². The van der Waals surface area contributed by atoms with Crippen molar-refractivity contribution in [2.24, 2.45) is 0 Å². The summed E-state index contributed by atoms with van der Waals surface area (Å²) in [5, 5.41) is 10.5. The summed E-state index contributed by atoms with van der Waals surface area (Å²) in [5.41, 5.74) is 1.04. The van der Waals surface area contributed by atoms with E-state index in [2.05, 4.69) is 9.97 Å². The van der Waals surface area contributed by atoms with Crippen LogP contribution in [0.3, 0.4) is 0 Å². The minimum absolute atomic E-state index is 0.0888. The van der Waals surface area contributed by atoms with E-state index in [1.165, 1.54) is 0 Å². The highest BCUT2D eigenvalue weighted by molar-refractivity contribution is 5.97. The van der Waals surface area contributed by atoms with Crippen LogP contribution in [0.25, 0.3) is 0 Å². The minimum atomic E-state index is -1.69. The van der Waals surface area contributed by atoms with Crippen molar-refractivity contribution >= 4 is 11.8 Å². The third-order valence-electron chi connectivity index (χ3n) is 5.71. The van der Waals surface area contributed by atoms with Crippen molar-refractivity contribution in [3.8, 4) is 6.01 Å². The van der Waals surface area contributed by atoms with E-state index in [1.807, 2.05) is 18.2 Å². The summed E-state index contributed by atoms with van der Waals surface area (Å²) < 4.78 is 12.4. The Labute approximate surface area is 209 Å². The fraction of sp³-hybridized carbons (Fsp3) is 0.172. The molecule has 0 amide bonds. The smallest absolute Gasteiger partial charge is 0.348 e. The van der Waals surface area contributed by atoms with E-state index < -0.39 is 17.7 Å². The molecule has 1 heterocycles. The summed E-state index contributed by atoms with van der Waals surface area (Å²) in [6, 6.07) is 28.1. The van der Waals surface area contributed by atoms with Gasteiger partial charge in [0.15, 0.2) is 11.4 Å². The van der Waals surface area contributed by atoms with Crippen LogP contribution in [-0.2, 0) is 15.1 Å². The Morgan fingerprint density at radius 3 is 1.75 bits per heavy atom. The molecule has 0 radical (unpaired) electrons. The quantitative estimate of drug-likeness (QED) is 0.325. The zero-order valence-electron chi connectivity index (χ0n) is 20.0. The number of aliphatic carboxylic acids is 1. The Balaban J connectivity index is 1.87. The number of benzene rings is 3. The summed E-state index contributed by atoms with van der Waals surface area (Å²) >= 11 is 0. The SMILES string of the molecule is Cc1cc(C)nc(OC(C(=O)O)C(OCC(=O)c2ccccc2)(c2ccccc2)c2ccccc2)n1. The summed E-state index contributed by atoms with van der Waals surface area (Å²) in [6.45, 7) is 3.16. The number of carbonyl (C=O) groups excluding carboxylic acids is 1. The van der Waals surface area contributed by atoms with Crippen molar-refractivity contribution < 1.29 is 24.2 Å². The van der Waals surface area contributed by atoms with Crippen molar-refractivity contribution in [3.05, 3.63) is 125 Å². The standard InChI is InChI=1S/C29H26N2O5/c1-20-18-21(2)31-28(30-20)36-26(27(33)34)29(23-14-8-4-9-15-23,24-16-10-5-11-17-24)35-19-25(32)22-12-6-3-7-13-22/h3-18,26H,19H2,1-2H3,(H,33,34). The molecule has 4 rings (SSSR count). The van der Waals surface area contributed by atoms with Crippen LogP contribution < -0.4 is 4.74 Å². The molecule has 182 valence electrons. The summed E-state index contributed by atoms with van der Waals surface area (Å²) in [4.78, 5) is 34.5. The van der Waals surface area contributed by atoms with E-state index in [0.717, 1.165) is 0 Å². The monoisotopic (exact) mass is 482 g/mol. The van der Waals surface area contributed by atoms with E-state index in [0.29, 0.717) is 28.1 Å². The molecule has 0 bridgehead atoms. The molecule has 3 aromatic carbocycles. The van der Waals surface area contributed by atoms with Gasteiger partial charge in [-0.3, -0.25) is 4.79 Å². The van der Waals surface area contributed by atoms with Crippen molar-refractivity contribution in [2.45, 2.75) is 25.6 Å². The van der Waals surface area contributed by atoms with E-state index in [9.17, 15) is 14.7 Å². The maximum atomic E-state index is 13.1. The number of aromatic nitrogens is 2. The zero-order valence-corrected chi connectivity index (χ0v) is 20.0. The highest BCUT2D eigenvalue weighted by Crippen LogP contribution is 2.39. The van der Waals surface area contributed by atoms with Crippen LogP contribution in [-0.4, -0.2) is 39.5 Å².